The molecule has 0 aromatic carbocycles. The Balaban J connectivity index is 4.53. The fraction of sp³-hybridized carbons (Fsp3) is 0.696. The molecule has 0 rings (SSSR count). The van der Waals surface area contributed by atoms with Crippen LogP contribution in [0.4, 0.5) is 0 Å². The fourth-order valence-electron chi connectivity index (χ4n) is 2.71. The molecule has 0 aliphatic rings. The Bertz CT molecular complexity index is 528. The molecule has 0 aliphatic carbocycles. The molecule has 2 N–H and O–H groups in total. The van der Waals surface area contributed by atoms with Crippen LogP contribution in [0, 0.1) is 5.92 Å². The lowest BCUT2D eigenvalue weighted by molar-refractivity contribution is -0.125. The zero-order chi connectivity index (χ0) is 21.4. The molecule has 160 valence electrons. The van der Waals surface area contributed by atoms with Crippen LogP contribution in [-0.4, -0.2) is 30.4 Å². The third kappa shape index (κ3) is 14.1. The Morgan fingerprint density at radius 1 is 1.07 bits per heavy atom. The average molecular weight is 393 g/mol. The standard InChI is InChI=1S/C23H40N2O3/c1-7-10-11-12-13-17-25-22(27)19(14-15-20(26)8-2)16-18-24-21(9-3)28-23(4,5)6/h8,19,24H,2-3,7,10-18H2,1,4-6H3,(H,25,27)/t19-/m0/s1. The van der Waals surface area contributed by atoms with Crippen molar-refractivity contribution in [1.82, 2.24) is 10.6 Å². The maximum atomic E-state index is 12.6. The number of carbonyl (C=O) groups is 2. The van der Waals surface area contributed by atoms with Gasteiger partial charge in [-0.1, -0.05) is 51.5 Å². The molecule has 0 aromatic heterocycles. The number of unbranched alkanes of at least 4 members (excludes halogenated alkanes) is 4. The van der Waals surface area contributed by atoms with Crippen LogP contribution in [0.5, 0.6) is 0 Å². The number of allylic oxidation sites excluding steroid dienone is 1. The summed E-state index contributed by atoms with van der Waals surface area (Å²) in [5.41, 5.74) is 2.40. The van der Waals surface area contributed by atoms with Gasteiger partial charge in [0, 0.05) is 25.4 Å². The van der Waals surface area contributed by atoms with Crippen LogP contribution in [0.1, 0.15) is 79.1 Å². The number of amides is 1. The lowest BCUT2D eigenvalue weighted by Crippen LogP contribution is -2.34. The van der Waals surface area contributed by atoms with E-state index in [1.807, 2.05) is 20.8 Å². The molecule has 0 unspecified atom stereocenters. The van der Waals surface area contributed by atoms with E-state index in [4.69, 9.17) is 4.74 Å². The maximum Gasteiger partial charge on any atom is 0.233 e. The monoisotopic (exact) mass is 392 g/mol. The minimum atomic E-state index is -0.349. The number of ether oxygens (including phenoxy) is 1. The molecule has 0 saturated carbocycles. The first kappa shape index (κ1) is 26.0. The highest BCUT2D eigenvalue weighted by Crippen LogP contribution is 2.14. The molecular formula is C23H40N2O3. The summed E-state index contributed by atoms with van der Waals surface area (Å²) >= 11 is 0. The number of ketones is 1. The Kier molecular flexibility index (Phi) is 13.9. The van der Waals surface area contributed by atoms with Gasteiger partial charge in [0.15, 0.2) is 5.78 Å². The number of rotatable bonds is 16. The van der Waals surface area contributed by atoms with Crippen LogP contribution >= 0.6 is 0 Å². The van der Waals surface area contributed by atoms with Crippen molar-refractivity contribution >= 4 is 11.7 Å². The summed E-state index contributed by atoms with van der Waals surface area (Å²) < 4.78 is 5.72. The molecule has 0 saturated heterocycles. The summed E-state index contributed by atoms with van der Waals surface area (Å²) in [6.07, 6.45) is 8.54. The summed E-state index contributed by atoms with van der Waals surface area (Å²) in [6.45, 7) is 16.4. The molecular weight excluding hydrogens is 352 g/mol. The predicted octanol–water partition coefficient (Wildman–Crippen LogP) is 4.65. The van der Waals surface area contributed by atoms with Gasteiger partial charge in [-0.2, -0.15) is 0 Å². The lowest BCUT2D eigenvalue weighted by atomic mass is 9.96. The molecule has 0 fully saturated rings. The van der Waals surface area contributed by atoms with Gasteiger partial charge in [0.2, 0.25) is 11.8 Å². The molecule has 5 heteroatoms. The highest BCUT2D eigenvalue weighted by molar-refractivity contribution is 5.89. The molecule has 0 radical (unpaired) electrons. The minimum absolute atomic E-state index is 0.00928. The zero-order valence-electron chi connectivity index (χ0n) is 18.4. The quantitative estimate of drug-likeness (QED) is 0.174. The highest BCUT2D eigenvalue weighted by Gasteiger charge is 2.19. The molecule has 1 amide bonds. The number of carbonyl (C=O) groups excluding carboxylic acids is 2. The first-order valence-electron chi connectivity index (χ1n) is 10.5. The van der Waals surface area contributed by atoms with Crippen LogP contribution in [0.25, 0.3) is 0 Å². The van der Waals surface area contributed by atoms with Crippen molar-refractivity contribution in [3.63, 3.8) is 0 Å². The van der Waals surface area contributed by atoms with Crippen LogP contribution in [0.2, 0.25) is 0 Å². The second kappa shape index (κ2) is 15.0. The van der Waals surface area contributed by atoms with E-state index in [2.05, 4.69) is 36.4 Å². The van der Waals surface area contributed by atoms with Crippen molar-refractivity contribution in [3.05, 3.63) is 30.8 Å². The van der Waals surface area contributed by atoms with E-state index in [0.29, 0.717) is 38.2 Å². The Morgan fingerprint density at radius 3 is 2.32 bits per heavy atom. The number of nitrogens with one attached hydrogen (secondary N) is 2. The van der Waals surface area contributed by atoms with E-state index in [-0.39, 0.29) is 23.2 Å². The highest BCUT2D eigenvalue weighted by atomic mass is 16.5. The molecule has 28 heavy (non-hydrogen) atoms. The molecule has 0 heterocycles. The van der Waals surface area contributed by atoms with Crippen molar-refractivity contribution in [2.45, 2.75) is 84.7 Å². The largest absolute Gasteiger partial charge is 0.468 e. The third-order valence-corrected chi connectivity index (χ3v) is 4.26. The summed E-state index contributed by atoms with van der Waals surface area (Å²) in [4.78, 5) is 24.1. The Hall–Kier alpha value is -2.00. The molecule has 0 aliphatic heterocycles. The van der Waals surface area contributed by atoms with Crippen molar-refractivity contribution in [3.8, 4) is 0 Å². The van der Waals surface area contributed by atoms with Crippen LogP contribution in [0.15, 0.2) is 30.8 Å². The molecule has 0 spiro atoms. The van der Waals surface area contributed by atoms with E-state index in [1.165, 1.54) is 25.3 Å². The minimum Gasteiger partial charge on any atom is -0.468 e. The Labute approximate surface area is 171 Å². The maximum absolute atomic E-state index is 12.6. The van der Waals surface area contributed by atoms with Gasteiger partial charge in [-0.3, -0.25) is 9.59 Å². The van der Waals surface area contributed by atoms with Crippen LogP contribution in [0.3, 0.4) is 0 Å². The lowest BCUT2D eigenvalue weighted by Gasteiger charge is -2.23. The van der Waals surface area contributed by atoms with Crippen molar-refractivity contribution < 1.29 is 14.3 Å². The molecule has 0 aromatic rings. The SMILES string of the molecule is C=C=C(NCC[C@H](CCC(=O)C=C)C(=O)NCCCCCCC)OC(C)(C)C. The molecule has 0 bridgehead atoms. The summed E-state index contributed by atoms with van der Waals surface area (Å²) in [5.74, 6) is 0.223. The smallest absolute Gasteiger partial charge is 0.233 e. The normalized spacial score (nSPS) is 11.9. The summed E-state index contributed by atoms with van der Waals surface area (Å²) in [6, 6.07) is 0. The first-order valence-corrected chi connectivity index (χ1v) is 10.5. The van der Waals surface area contributed by atoms with Gasteiger partial charge < -0.3 is 15.4 Å². The van der Waals surface area contributed by atoms with E-state index in [0.717, 1.165) is 12.8 Å². The van der Waals surface area contributed by atoms with Crippen LogP contribution in [-0.2, 0) is 14.3 Å². The fourth-order valence-corrected chi connectivity index (χ4v) is 2.71. The van der Waals surface area contributed by atoms with Gasteiger partial charge in [0.25, 0.3) is 0 Å². The van der Waals surface area contributed by atoms with E-state index < -0.39 is 0 Å². The first-order chi connectivity index (χ1) is 13.2. The third-order valence-electron chi connectivity index (χ3n) is 4.26. The number of hydrogen-bond donors (Lipinski definition) is 2. The van der Waals surface area contributed by atoms with Gasteiger partial charge in [-0.05, 0) is 46.1 Å². The van der Waals surface area contributed by atoms with E-state index in [1.54, 1.807) is 0 Å². The van der Waals surface area contributed by atoms with Gasteiger partial charge >= 0.3 is 0 Å². The number of hydrogen-bond acceptors (Lipinski definition) is 4. The van der Waals surface area contributed by atoms with Crippen molar-refractivity contribution in [1.29, 1.82) is 0 Å². The second-order valence-corrected chi connectivity index (χ2v) is 8.05. The second-order valence-electron chi connectivity index (χ2n) is 8.05. The van der Waals surface area contributed by atoms with Crippen LogP contribution < -0.4 is 10.6 Å². The molecule has 1 atom stereocenters. The molecule has 5 nitrogen and oxygen atoms in total. The van der Waals surface area contributed by atoms with Gasteiger partial charge in [0.05, 0.1) is 0 Å². The summed E-state index contributed by atoms with van der Waals surface area (Å²) in [7, 11) is 0. The predicted molar refractivity (Wildman–Crippen MR) is 116 cm³/mol. The van der Waals surface area contributed by atoms with E-state index >= 15 is 0 Å². The zero-order valence-corrected chi connectivity index (χ0v) is 18.4. The Morgan fingerprint density at radius 2 is 1.75 bits per heavy atom. The topological polar surface area (TPSA) is 67.4 Å². The van der Waals surface area contributed by atoms with Crippen molar-refractivity contribution in [2.24, 2.45) is 5.92 Å². The van der Waals surface area contributed by atoms with E-state index in [9.17, 15) is 9.59 Å². The van der Waals surface area contributed by atoms with Gasteiger partial charge in [-0.25, -0.2) is 0 Å². The summed E-state index contributed by atoms with van der Waals surface area (Å²) in [5, 5.41) is 6.16. The van der Waals surface area contributed by atoms with Crippen molar-refractivity contribution in [2.75, 3.05) is 13.1 Å². The van der Waals surface area contributed by atoms with Gasteiger partial charge in [-0.15, -0.1) is 0 Å². The average Bonchev–Trinajstić information content (AvgIpc) is 2.64. The van der Waals surface area contributed by atoms with Gasteiger partial charge in [0.1, 0.15) is 5.60 Å².